The number of morpholine rings is 1. The van der Waals surface area contributed by atoms with Gasteiger partial charge in [-0.1, -0.05) is 13.8 Å². The molecule has 1 aliphatic rings. The van der Waals surface area contributed by atoms with Crippen LogP contribution in [0.3, 0.4) is 0 Å². The fourth-order valence-corrected chi connectivity index (χ4v) is 1.99. The van der Waals surface area contributed by atoms with E-state index in [-0.39, 0.29) is 11.6 Å². The van der Waals surface area contributed by atoms with Crippen molar-refractivity contribution < 1.29 is 14.3 Å². The molecule has 0 bridgehead atoms. The number of hydrogen-bond acceptors (Lipinski definition) is 3. The number of urea groups is 1. The fourth-order valence-electron chi connectivity index (χ4n) is 1.99. The van der Waals surface area contributed by atoms with Crippen molar-refractivity contribution in [3.8, 4) is 0 Å². The lowest BCUT2D eigenvalue weighted by Crippen LogP contribution is -2.53. The van der Waals surface area contributed by atoms with E-state index in [0.717, 1.165) is 13.0 Å². The molecule has 19 heavy (non-hydrogen) atoms. The predicted molar refractivity (Wildman–Crippen MR) is 75.3 cm³/mol. The Labute approximate surface area is 116 Å². The normalized spacial score (nSPS) is 18.7. The molecule has 1 fully saturated rings. The zero-order chi connectivity index (χ0) is 14.3. The first-order valence-corrected chi connectivity index (χ1v) is 7.15. The third-order valence-electron chi connectivity index (χ3n) is 2.91. The molecule has 112 valence electrons. The number of nitrogens with zero attached hydrogens (tertiary/aromatic N) is 1. The van der Waals surface area contributed by atoms with Gasteiger partial charge in [0.15, 0.2) is 0 Å². The van der Waals surface area contributed by atoms with E-state index in [1.54, 1.807) is 0 Å². The average Bonchev–Trinajstić information content (AvgIpc) is 2.31. The first kappa shape index (κ1) is 16.2. The fraction of sp³-hybridized carbons (Fsp3) is 0.929. The van der Waals surface area contributed by atoms with E-state index in [4.69, 9.17) is 9.47 Å². The molecule has 0 spiro atoms. The van der Waals surface area contributed by atoms with E-state index in [1.165, 1.54) is 0 Å². The minimum Gasteiger partial charge on any atom is -0.381 e. The zero-order valence-corrected chi connectivity index (χ0v) is 12.7. The van der Waals surface area contributed by atoms with E-state index in [9.17, 15) is 4.79 Å². The molecule has 2 amide bonds. The highest BCUT2D eigenvalue weighted by atomic mass is 16.5. The Bertz CT molecular complexity index is 280. The van der Waals surface area contributed by atoms with Crippen LogP contribution in [-0.4, -0.2) is 56.0 Å². The number of carbonyl (C=O) groups excluding carboxylic acids is 1. The third-order valence-corrected chi connectivity index (χ3v) is 2.91. The summed E-state index contributed by atoms with van der Waals surface area (Å²) in [5.41, 5.74) is -0.240. The van der Waals surface area contributed by atoms with Crippen LogP contribution >= 0.6 is 0 Å². The third kappa shape index (κ3) is 6.78. The SMILES string of the molecule is CC(C)COCCCNC(=O)N1CCOC(C)(C)C1. The number of nitrogens with one attached hydrogen (secondary N) is 1. The lowest BCUT2D eigenvalue weighted by atomic mass is 10.1. The van der Waals surface area contributed by atoms with Crippen LogP contribution in [0.15, 0.2) is 0 Å². The Balaban J connectivity index is 2.10. The summed E-state index contributed by atoms with van der Waals surface area (Å²) >= 11 is 0. The molecule has 0 unspecified atom stereocenters. The van der Waals surface area contributed by atoms with Gasteiger partial charge in [-0.05, 0) is 26.2 Å². The van der Waals surface area contributed by atoms with Crippen molar-refractivity contribution >= 4 is 6.03 Å². The van der Waals surface area contributed by atoms with Crippen LogP contribution in [0.25, 0.3) is 0 Å². The molecule has 0 aromatic carbocycles. The summed E-state index contributed by atoms with van der Waals surface area (Å²) in [5, 5.41) is 2.93. The number of amides is 2. The summed E-state index contributed by atoms with van der Waals surface area (Å²) in [7, 11) is 0. The van der Waals surface area contributed by atoms with Crippen molar-refractivity contribution in [2.45, 2.75) is 39.7 Å². The van der Waals surface area contributed by atoms with Crippen LogP contribution in [0.1, 0.15) is 34.1 Å². The molecule has 0 aromatic heterocycles. The smallest absolute Gasteiger partial charge is 0.317 e. The molecule has 1 saturated heterocycles. The Morgan fingerprint density at radius 2 is 2.21 bits per heavy atom. The van der Waals surface area contributed by atoms with Gasteiger partial charge in [0.1, 0.15) is 0 Å². The van der Waals surface area contributed by atoms with E-state index < -0.39 is 0 Å². The Morgan fingerprint density at radius 1 is 1.47 bits per heavy atom. The van der Waals surface area contributed by atoms with E-state index in [2.05, 4.69) is 19.2 Å². The first-order valence-electron chi connectivity index (χ1n) is 7.15. The van der Waals surface area contributed by atoms with Crippen molar-refractivity contribution in [1.82, 2.24) is 10.2 Å². The van der Waals surface area contributed by atoms with Gasteiger partial charge in [0.25, 0.3) is 0 Å². The van der Waals surface area contributed by atoms with Gasteiger partial charge in [0, 0.05) is 26.3 Å². The highest BCUT2D eigenvalue weighted by Crippen LogP contribution is 2.16. The standard InChI is InChI=1S/C14H28N2O3/c1-12(2)10-18-8-5-6-15-13(17)16-7-9-19-14(3,4)11-16/h12H,5-11H2,1-4H3,(H,15,17). The summed E-state index contributed by atoms with van der Waals surface area (Å²) in [6, 6.07) is 0.000217. The molecule has 0 saturated carbocycles. The lowest BCUT2D eigenvalue weighted by molar-refractivity contribution is -0.0733. The van der Waals surface area contributed by atoms with Crippen molar-refractivity contribution in [2.24, 2.45) is 5.92 Å². The molecule has 0 atom stereocenters. The van der Waals surface area contributed by atoms with Gasteiger partial charge in [-0.25, -0.2) is 4.79 Å². The molecule has 0 radical (unpaired) electrons. The van der Waals surface area contributed by atoms with Gasteiger partial charge in [0.05, 0.1) is 18.8 Å². The number of rotatable bonds is 6. The number of carbonyl (C=O) groups is 1. The van der Waals surface area contributed by atoms with E-state index in [0.29, 0.717) is 38.8 Å². The molecule has 1 rings (SSSR count). The van der Waals surface area contributed by atoms with Gasteiger partial charge >= 0.3 is 6.03 Å². The van der Waals surface area contributed by atoms with Gasteiger partial charge in [-0.3, -0.25) is 0 Å². The molecule has 1 N–H and O–H groups in total. The summed E-state index contributed by atoms with van der Waals surface area (Å²) in [5.74, 6) is 0.560. The summed E-state index contributed by atoms with van der Waals surface area (Å²) in [4.78, 5) is 13.8. The van der Waals surface area contributed by atoms with E-state index >= 15 is 0 Å². The van der Waals surface area contributed by atoms with Crippen LogP contribution in [0.5, 0.6) is 0 Å². The molecule has 5 heteroatoms. The Hall–Kier alpha value is -0.810. The van der Waals surface area contributed by atoms with Crippen LogP contribution < -0.4 is 5.32 Å². The second-order valence-electron chi connectivity index (χ2n) is 6.08. The highest BCUT2D eigenvalue weighted by Gasteiger charge is 2.29. The first-order chi connectivity index (χ1) is 8.91. The summed E-state index contributed by atoms with van der Waals surface area (Å²) < 4.78 is 11.1. The molecular formula is C14H28N2O3. The van der Waals surface area contributed by atoms with Crippen molar-refractivity contribution in [1.29, 1.82) is 0 Å². The largest absolute Gasteiger partial charge is 0.381 e. The van der Waals surface area contributed by atoms with Crippen LogP contribution in [0, 0.1) is 5.92 Å². The maximum atomic E-state index is 11.9. The maximum Gasteiger partial charge on any atom is 0.317 e. The van der Waals surface area contributed by atoms with Crippen molar-refractivity contribution in [3.63, 3.8) is 0 Å². The Kier molecular flexibility index (Phi) is 6.58. The molecule has 1 aliphatic heterocycles. The van der Waals surface area contributed by atoms with E-state index in [1.807, 2.05) is 18.7 Å². The predicted octanol–water partition coefficient (Wildman–Crippen LogP) is 1.87. The minimum atomic E-state index is -0.240. The number of hydrogen-bond donors (Lipinski definition) is 1. The van der Waals surface area contributed by atoms with Crippen molar-refractivity contribution in [3.05, 3.63) is 0 Å². The molecule has 0 aliphatic carbocycles. The van der Waals surface area contributed by atoms with Gasteiger partial charge in [-0.15, -0.1) is 0 Å². The molecule has 5 nitrogen and oxygen atoms in total. The van der Waals surface area contributed by atoms with Crippen LogP contribution in [-0.2, 0) is 9.47 Å². The summed E-state index contributed by atoms with van der Waals surface area (Å²) in [6.45, 7) is 12.3. The minimum absolute atomic E-state index is 0.000217. The molecular weight excluding hydrogens is 244 g/mol. The monoisotopic (exact) mass is 272 g/mol. The average molecular weight is 272 g/mol. The topological polar surface area (TPSA) is 50.8 Å². The summed E-state index contributed by atoms with van der Waals surface area (Å²) in [6.07, 6.45) is 0.853. The zero-order valence-electron chi connectivity index (χ0n) is 12.7. The second kappa shape index (κ2) is 7.70. The van der Waals surface area contributed by atoms with Gasteiger partial charge < -0.3 is 19.7 Å². The number of ether oxygens (including phenoxy) is 2. The van der Waals surface area contributed by atoms with Crippen LogP contribution in [0.4, 0.5) is 4.79 Å². The van der Waals surface area contributed by atoms with Crippen molar-refractivity contribution in [2.75, 3.05) is 39.5 Å². The lowest BCUT2D eigenvalue weighted by Gasteiger charge is -2.38. The van der Waals surface area contributed by atoms with Gasteiger partial charge in [-0.2, -0.15) is 0 Å². The van der Waals surface area contributed by atoms with Gasteiger partial charge in [0.2, 0.25) is 0 Å². The maximum absolute atomic E-state index is 11.9. The second-order valence-corrected chi connectivity index (χ2v) is 6.08. The highest BCUT2D eigenvalue weighted by molar-refractivity contribution is 5.74. The quantitative estimate of drug-likeness (QED) is 0.751. The Morgan fingerprint density at radius 3 is 2.84 bits per heavy atom. The van der Waals surface area contributed by atoms with Crippen LogP contribution in [0.2, 0.25) is 0 Å². The molecule has 0 aromatic rings. The molecule has 1 heterocycles.